The molecular formula is C14H17F2NO2. The minimum absolute atomic E-state index is 0.184. The highest BCUT2D eigenvalue weighted by Crippen LogP contribution is 2.20. The summed E-state index contributed by atoms with van der Waals surface area (Å²) in [4.78, 5) is 12.0. The molecule has 1 fully saturated rings. The monoisotopic (exact) mass is 269 g/mol. The lowest BCUT2D eigenvalue weighted by Gasteiger charge is -2.28. The Morgan fingerprint density at radius 1 is 1.26 bits per heavy atom. The molecule has 0 radical (unpaired) electrons. The van der Waals surface area contributed by atoms with Crippen molar-refractivity contribution in [3.8, 4) is 0 Å². The average Bonchev–Trinajstić information content (AvgIpc) is 2.36. The van der Waals surface area contributed by atoms with Crippen LogP contribution in [0.15, 0.2) is 12.1 Å². The number of amides is 1. The summed E-state index contributed by atoms with van der Waals surface area (Å²) in [5, 5.41) is 12.4. The molecule has 0 heterocycles. The smallest absolute Gasteiger partial charge is 0.254 e. The summed E-state index contributed by atoms with van der Waals surface area (Å²) in [7, 11) is 0. The molecule has 104 valence electrons. The Kier molecular flexibility index (Phi) is 4.14. The fourth-order valence-electron chi connectivity index (χ4n) is 2.36. The van der Waals surface area contributed by atoms with Crippen LogP contribution in [0.3, 0.4) is 0 Å². The number of carbonyl (C=O) groups is 1. The van der Waals surface area contributed by atoms with E-state index >= 15 is 0 Å². The normalized spacial score (nSPS) is 23.2. The molecule has 2 N–H and O–H groups in total. The van der Waals surface area contributed by atoms with Crippen LogP contribution in [0.5, 0.6) is 0 Å². The molecule has 2 atom stereocenters. The summed E-state index contributed by atoms with van der Waals surface area (Å²) in [5.74, 6) is -2.16. The van der Waals surface area contributed by atoms with Crippen molar-refractivity contribution in [2.24, 2.45) is 0 Å². The van der Waals surface area contributed by atoms with E-state index in [9.17, 15) is 18.7 Å². The van der Waals surface area contributed by atoms with Crippen LogP contribution in [0.4, 0.5) is 8.78 Å². The summed E-state index contributed by atoms with van der Waals surface area (Å²) in [6.45, 7) is 1.47. The van der Waals surface area contributed by atoms with E-state index in [-0.39, 0.29) is 17.2 Å². The van der Waals surface area contributed by atoms with Crippen molar-refractivity contribution in [3.63, 3.8) is 0 Å². The predicted molar refractivity (Wildman–Crippen MR) is 66.8 cm³/mol. The second-order valence-corrected chi connectivity index (χ2v) is 5.01. The topological polar surface area (TPSA) is 49.3 Å². The largest absolute Gasteiger partial charge is 0.391 e. The summed E-state index contributed by atoms with van der Waals surface area (Å²) < 4.78 is 26.7. The number of rotatable bonds is 2. The summed E-state index contributed by atoms with van der Waals surface area (Å²) in [5.41, 5.74) is 0.0346. The number of benzene rings is 1. The lowest BCUT2D eigenvalue weighted by molar-refractivity contribution is 0.0714. The van der Waals surface area contributed by atoms with E-state index in [1.807, 2.05) is 0 Å². The molecule has 1 aliphatic carbocycles. The van der Waals surface area contributed by atoms with Gasteiger partial charge in [0.1, 0.15) is 11.6 Å². The molecule has 1 amide bonds. The van der Waals surface area contributed by atoms with Gasteiger partial charge in [-0.1, -0.05) is 12.8 Å². The van der Waals surface area contributed by atoms with Gasteiger partial charge in [-0.2, -0.15) is 0 Å². The highest BCUT2D eigenvalue weighted by atomic mass is 19.1. The van der Waals surface area contributed by atoms with Crippen LogP contribution in [-0.2, 0) is 0 Å². The van der Waals surface area contributed by atoms with Crippen LogP contribution < -0.4 is 5.32 Å². The maximum atomic E-state index is 13.6. The Bertz CT molecular complexity index is 491. The van der Waals surface area contributed by atoms with Crippen LogP contribution in [0.25, 0.3) is 0 Å². The van der Waals surface area contributed by atoms with Gasteiger partial charge in [-0.25, -0.2) is 8.78 Å². The third kappa shape index (κ3) is 3.10. The van der Waals surface area contributed by atoms with Crippen LogP contribution in [0.1, 0.15) is 41.6 Å². The number of hydrogen-bond acceptors (Lipinski definition) is 2. The zero-order chi connectivity index (χ0) is 14.0. The molecular weight excluding hydrogens is 252 g/mol. The van der Waals surface area contributed by atoms with Gasteiger partial charge >= 0.3 is 0 Å². The Balaban J connectivity index is 2.13. The number of aryl methyl sites for hydroxylation is 1. The maximum Gasteiger partial charge on any atom is 0.254 e. The Labute approximate surface area is 110 Å². The molecule has 0 bridgehead atoms. The second kappa shape index (κ2) is 5.65. The van der Waals surface area contributed by atoms with Crippen LogP contribution in [0.2, 0.25) is 0 Å². The summed E-state index contributed by atoms with van der Waals surface area (Å²) in [6.07, 6.45) is 2.57. The Hall–Kier alpha value is -1.49. The summed E-state index contributed by atoms with van der Waals surface area (Å²) in [6, 6.07) is 1.54. The zero-order valence-corrected chi connectivity index (χ0v) is 10.7. The van der Waals surface area contributed by atoms with Crippen molar-refractivity contribution >= 4 is 5.91 Å². The van der Waals surface area contributed by atoms with Crippen molar-refractivity contribution in [2.45, 2.75) is 44.8 Å². The molecule has 0 unspecified atom stereocenters. The fourth-order valence-corrected chi connectivity index (χ4v) is 2.36. The molecule has 0 saturated heterocycles. The van der Waals surface area contributed by atoms with E-state index in [1.165, 1.54) is 13.0 Å². The highest BCUT2D eigenvalue weighted by molar-refractivity contribution is 5.94. The third-order valence-electron chi connectivity index (χ3n) is 3.54. The number of halogens is 2. The molecule has 1 saturated carbocycles. The highest BCUT2D eigenvalue weighted by Gasteiger charge is 2.26. The number of nitrogens with one attached hydrogen (secondary N) is 1. The van der Waals surface area contributed by atoms with Gasteiger partial charge in [0.25, 0.3) is 5.91 Å². The van der Waals surface area contributed by atoms with Crippen molar-refractivity contribution in [3.05, 3.63) is 34.9 Å². The van der Waals surface area contributed by atoms with E-state index < -0.39 is 23.6 Å². The molecule has 0 aliphatic heterocycles. The molecule has 2 rings (SSSR count). The van der Waals surface area contributed by atoms with Crippen molar-refractivity contribution in [1.29, 1.82) is 0 Å². The zero-order valence-electron chi connectivity index (χ0n) is 10.7. The first-order chi connectivity index (χ1) is 8.99. The van der Waals surface area contributed by atoms with E-state index in [1.54, 1.807) is 0 Å². The molecule has 3 nitrogen and oxygen atoms in total. The quantitative estimate of drug-likeness (QED) is 0.865. The fraction of sp³-hybridized carbons (Fsp3) is 0.500. The van der Waals surface area contributed by atoms with Crippen LogP contribution >= 0.6 is 0 Å². The number of carbonyl (C=O) groups excluding carboxylic acids is 1. The number of aliphatic hydroxyl groups is 1. The van der Waals surface area contributed by atoms with Gasteiger partial charge in [0, 0.05) is 6.07 Å². The van der Waals surface area contributed by atoms with Gasteiger partial charge in [0.2, 0.25) is 0 Å². The minimum atomic E-state index is -0.883. The molecule has 1 aliphatic rings. The first-order valence-corrected chi connectivity index (χ1v) is 6.43. The average molecular weight is 269 g/mol. The molecule has 0 spiro atoms. The van der Waals surface area contributed by atoms with Crippen LogP contribution in [0, 0.1) is 18.6 Å². The lowest BCUT2D eigenvalue weighted by Crippen LogP contribution is -2.45. The molecule has 1 aromatic carbocycles. The van der Waals surface area contributed by atoms with Crippen molar-refractivity contribution in [1.82, 2.24) is 5.32 Å². The van der Waals surface area contributed by atoms with E-state index in [2.05, 4.69) is 5.32 Å². The first kappa shape index (κ1) is 13.9. The summed E-state index contributed by atoms with van der Waals surface area (Å²) >= 11 is 0. The van der Waals surface area contributed by atoms with Crippen LogP contribution in [-0.4, -0.2) is 23.2 Å². The lowest BCUT2D eigenvalue weighted by atomic mass is 9.92. The molecule has 5 heteroatoms. The van der Waals surface area contributed by atoms with Gasteiger partial charge in [-0.15, -0.1) is 0 Å². The van der Waals surface area contributed by atoms with Gasteiger partial charge in [-0.05, 0) is 31.4 Å². The van der Waals surface area contributed by atoms with Gasteiger partial charge in [0.05, 0.1) is 17.7 Å². The van der Waals surface area contributed by atoms with Gasteiger partial charge < -0.3 is 10.4 Å². The molecule has 0 aromatic heterocycles. The van der Waals surface area contributed by atoms with E-state index in [0.717, 1.165) is 12.8 Å². The number of hydrogen-bond donors (Lipinski definition) is 2. The SMILES string of the molecule is Cc1cc(C(=O)N[C@@H]2CCCC[C@H]2O)c(F)cc1F. The Morgan fingerprint density at radius 3 is 2.63 bits per heavy atom. The van der Waals surface area contributed by atoms with Gasteiger partial charge in [-0.3, -0.25) is 4.79 Å². The van der Waals surface area contributed by atoms with Crippen molar-refractivity contribution in [2.75, 3.05) is 0 Å². The van der Waals surface area contributed by atoms with Gasteiger partial charge in [0.15, 0.2) is 0 Å². The second-order valence-electron chi connectivity index (χ2n) is 5.01. The molecule has 19 heavy (non-hydrogen) atoms. The van der Waals surface area contributed by atoms with Crippen molar-refractivity contribution < 1.29 is 18.7 Å². The minimum Gasteiger partial charge on any atom is -0.391 e. The number of aliphatic hydroxyl groups excluding tert-OH is 1. The third-order valence-corrected chi connectivity index (χ3v) is 3.54. The Morgan fingerprint density at radius 2 is 1.95 bits per heavy atom. The van der Waals surface area contributed by atoms with E-state index in [0.29, 0.717) is 18.9 Å². The first-order valence-electron chi connectivity index (χ1n) is 6.43. The standard InChI is InChI=1S/C14H17F2NO2/c1-8-6-9(11(16)7-10(8)15)14(19)17-12-4-2-3-5-13(12)18/h6-7,12-13,18H,2-5H2,1H3,(H,17,19)/t12-,13-/m1/s1. The maximum absolute atomic E-state index is 13.6. The van der Waals surface area contributed by atoms with E-state index in [4.69, 9.17) is 0 Å². The molecule has 1 aromatic rings. The predicted octanol–water partition coefficient (Wildman–Crippen LogP) is 2.31.